The molecule has 2 heterocycles. The molecule has 4 N–H and O–H groups in total. The maximum absolute atomic E-state index is 12.8. The molecular formula is C20H23F2N5O2. The highest BCUT2D eigenvalue weighted by molar-refractivity contribution is 6.03. The minimum absolute atomic E-state index is 0.128. The SMILES string of the molecule is Nc1cnc(NC(=O)c2cccc(C(F)F)n2)cc1C=NC1CCC(CO)CC1. The van der Waals surface area contributed by atoms with E-state index in [1.165, 1.54) is 18.3 Å². The Morgan fingerprint density at radius 1 is 1.34 bits per heavy atom. The Morgan fingerprint density at radius 3 is 2.79 bits per heavy atom. The molecule has 2 aromatic rings. The largest absolute Gasteiger partial charge is 0.397 e. The summed E-state index contributed by atoms with van der Waals surface area (Å²) in [6, 6.07) is 5.61. The maximum Gasteiger partial charge on any atom is 0.280 e. The van der Waals surface area contributed by atoms with Gasteiger partial charge in [0.05, 0.1) is 11.9 Å². The van der Waals surface area contributed by atoms with Crippen LogP contribution in [0.15, 0.2) is 35.5 Å². The predicted molar refractivity (Wildman–Crippen MR) is 106 cm³/mol. The number of halogens is 2. The van der Waals surface area contributed by atoms with Crippen LogP contribution in [0.5, 0.6) is 0 Å². The highest BCUT2D eigenvalue weighted by atomic mass is 19.3. The van der Waals surface area contributed by atoms with Crippen LogP contribution < -0.4 is 11.1 Å². The summed E-state index contributed by atoms with van der Waals surface area (Å²) in [5.41, 5.74) is 6.37. The van der Waals surface area contributed by atoms with Gasteiger partial charge < -0.3 is 16.2 Å². The Bertz CT molecular complexity index is 883. The van der Waals surface area contributed by atoms with E-state index in [-0.39, 0.29) is 24.2 Å². The molecule has 1 fully saturated rings. The Hall–Kier alpha value is -2.94. The second kappa shape index (κ2) is 9.51. The average Bonchev–Trinajstić information content (AvgIpc) is 2.74. The van der Waals surface area contributed by atoms with Crippen LogP contribution in [0.1, 0.15) is 53.9 Å². The van der Waals surface area contributed by atoms with Gasteiger partial charge in [0.2, 0.25) is 0 Å². The second-order valence-corrected chi connectivity index (χ2v) is 7.04. The van der Waals surface area contributed by atoms with Crippen molar-refractivity contribution in [2.24, 2.45) is 10.9 Å². The molecule has 2 aromatic heterocycles. The standard InChI is InChI=1S/C20H23F2N5O2/c21-19(22)16-2-1-3-17(26-16)20(29)27-18-8-13(15(23)10-25-18)9-24-14-6-4-12(11-28)5-7-14/h1-3,8-10,12,14,19,28H,4-7,11,23H2,(H,25,27,29). The zero-order valence-corrected chi connectivity index (χ0v) is 15.8. The molecule has 7 nitrogen and oxygen atoms in total. The number of nitrogens with one attached hydrogen (secondary N) is 1. The lowest BCUT2D eigenvalue weighted by molar-refractivity contribution is 0.101. The molecule has 29 heavy (non-hydrogen) atoms. The summed E-state index contributed by atoms with van der Waals surface area (Å²) in [4.78, 5) is 24.6. The lowest BCUT2D eigenvalue weighted by Crippen LogP contribution is -2.19. The van der Waals surface area contributed by atoms with E-state index in [1.807, 2.05) is 0 Å². The summed E-state index contributed by atoms with van der Waals surface area (Å²) in [5, 5.41) is 11.8. The van der Waals surface area contributed by atoms with Gasteiger partial charge in [-0.25, -0.2) is 18.7 Å². The van der Waals surface area contributed by atoms with Crippen molar-refractivity contribution >= 4 is 23.6 Å². The highest BCUT2D eigenvalue weighted by Crippen LogP contribution is 2.26. The minimum atomic E-state index is -2.76. The zero-order valence-electron chi connectivity index (χ0n) is 15.8. The Morgan fingerprint density at radius 2 is 2.10 bits per heavy atom. The number of hydrogen-bond acceptors (Lipinski definition) is 6. The van der Waals surface area contributed by atoms with Crippen LogP contribution in [0.2, 0.25) is 0 Å². The number of aromatic nitrogens is 2. The number of rotatable bonds is 6. The summed E-state index contributed by atoms with van der Waals surface area (Å²) in [6.07, 6.45) is 4.00. The topological polar surface area (TPSA) is 113 Å². The van der Waals surface area contributed by atoms with Crippen LogP contribution in [0, 0.1) is 5.92 Å². The minimum Gasteiger partial charge on any atom is -0.397 e. The van der Waals surface area contributed by atoms with Crippen LogP contribution in [0.25, 0.3) is 0 Å². The van der Waals surface area contributed by atoms with Crippen molar-refractivity contribution in [3.8, 4) is 0 Å². The molecule has 0 bridgehead atoms. The number of nitrogens with two attached hydrogens (primary N) is 1. The molecule has 3 rings (SSSR count). The summed E-state index contributed by atoms with van der Waals surface area (Å²) in [6.45, 7) is 0.214. The molecule has 0 radical (unpaired) electrons. The van der Waals surface area contributed by atoms with Gasteiger partial charge in [0.1, 0.15) is 17.2 Å². The number of anilines is 2. The van der Waals surface area contributed by atoms with Gasteiger partial charge in [0, 0.05) is 24.4 Å². The number of amides is 1. The third-order valence-corrected chi connectivity index (χ3v) is 4.94. The molecule has 0 spiro atoms. The number of carbonyl (C=O) groups is 1. The maximum atomic E-state index is 12.8. The molecule has 1 aliphatic carbocycles. The average molecular weight is 403 g/mol. The van der Waals surface area contributed by atoms with Crippen molar-refractivity contribution in [3.05, 3.63) is 47.4 Å². The van der Waals surface area contributed by atoms with E-state index < -0.39 is 18.0 Å². The van der Waals surface area contributed by atoms with Crippen molar-refractivity contribution in [2.75, 3.05) is 17.7 Å². The number of hydrogen-bond donors (Lipinski definition) is 3. The fourth-order valence-electron chi connectivity index (χ4n) is 3.20. The molecular weight excluding hydrogens is 380 g/mol. The van der Waals surface area contributed by atoms with E-state index in [4.69, 9.17) is 5.73 Å². The fraction of sp³-hybridized carbons (Fsp3) is 0.400. The number of aliphatic imine (C=N–C) groups is 1. The van der Waals surface area contributed by atoms with Crippen LogP contribution in [0.3, 0.4) is 0 Å². The third kappa shape index (κ3) is 5.54. The summed E-state index contributed by atoms with van der Waals surface area (Å²) < 4.78 is 25.5. The van der Waals surface area contributed by atoms with E-state index in [0.717, 1.165) is 31.7 Å². The van der Waals surface area contributed by atoms with Gasteiger partial charge in [-0.1, -0.05) is 6.07 Å². The van der Waals surface area contributed by atoms with Gasteiger partial charge in [-0.15, -0.1) is 0 Å². The normalized spacial score (nSPS) is 19.6. The molecule has 1 aliphatic rings. The number of alkyl halides is 2. The monoisotopic (exact) mass is 403 g/mol. The van der Waals surface area contributed by atoms with Gasteiger partial charge in [0.25, 0.3) is 12.3 Å². The number of nitrogen functional groups attached to an aromatic ring is 1. The number of aliphatic hydroxyl groups excluding tert-OH is 1. The quantitative estimate of drug-likeness (QED) is 0.641. The van der Waals surface area contributed by atoms with E-state index in [0.29, 0.717) is 17.2 Å². The van der Waals surface area contributed by atoms with E-state index in [2.05, 4.69) is 20.3 Å². The smallest absolute Gasteiger partial charge is 0.280 e. The summed E-state index contributed by atoms with van der Waals surface area (Å²) in [5.74, 6) is -0.0692. The summed E-state index contributed by atoms with van der Waals surface area (Å²) in [7, 11) is 0. The summed E-state index contributed by atoms with van der Waals surface area (Å²) >= 11 is 0. The Balaban J connectivity index is 1.68. The first-order chi connectivity index (χ1) is 14.0. The van der Waals surface area contributed by atoms with Gasteiger partial charge in [-0.2, -0.15) is 0 Å². The van der Waals surface area contributed by atoms with Gasteiger partial charge in [-0.3, -0.25) is 9.79 Å². The van der Waals surface area contributed by atoms with Crippen molar-refractivity contribution in [1.29, 1.82) is 0 Å². The third-order valence-electron chi connectivity index (χ3n) is 4.94. The van der Waals surface area contributed by atoms with Crippen molar-refractivity contribution < 1.29 is 18.7 Å². The van der Waals surface area contributed by atoms with Crippen LogP contribution in [-0.2, 0) is 0 Å². The second-order valence-electron chi connectivity index (χ2n) is 7.04. The molecule has 154 valence electrons. The predicted octanol–water partition coefficient (Wildman–Crippen LogP) is 3.22. The lowest BCUT2D eigenvalue weighted by atomic mass is 9.87. The molecule has 1 saturated carbocycles. The molecule has 0 aromatic carbocycles. The van der Waals surface area contributed by atoms with E-state index in [1.54, 1.807) is 12.3 Å². The number of nitrogens with zero attached hydrogens (tertiary/aromatic N) is 3. The number of carbonyl (C=O) groups excluding carboxylic acids is 1. The van der Waals surface area contributed by atoms with Crippen molar-refractivity contribution in [1.82, 2.24) is 9.97 Å². The number of aliphatic hydroxyl groups is 1. The van der Waals surface area contributed by atoms with Gasteiger partial charge in [0.15, 0.2) is 0 Å². The van der Waals surface area contributed by atoms with Gasteiger partial charge in [-0.05, 0) is 49.8 Å². The first-order valence-electron chi connectivity index (χ1n) is 9.42. The Kier molecular flexibility index (Phi) is 6.82. The van der Waals surface area contributed by atoms with Crippen LogP contribution >= 0.6 is 0 Å². The van der Waals surface area contributed by atoms with Crippen molar-refractivity contribution in [3.63, 3.8) is 0 Å². The van der Waals surface area contributed by atoms with Gasteiger partial charge >= 0.3 is 0 Å². The molecule has 9 heteroatoms. The van der Waals surface area contributed by atoms with E-state index >= 15 is 0 Å². The van der Waals surface area contributed by atoms with E-state index in [9.17, 15) is 18.7 Å². The fourth-order valence-corrected chi connectivity index (χ4v) is 3.20. The molecule has 0 saturated heterocycles. The zero-order chi connectivity index (χ0) is 20.8. The first kappa shape index (κ1) is 20.8. The molecule has 0 atom stereocenters. The Labute approximate surface area is 167 Å². The van der Waals surface area contributed by atoms with Crippen LogP contribution in [-0.4, -0.2) is 39.8 Å². The highest BCUT2D eigenvalue weighted by Gasteiger charge is 2.19. The lowest BCUT2D eigenvalue weighted by Gasteiger charge is -2.24. The van der Waals surface area contributed by atoms with Crippen molar-refractivity contribution in [2.45, 2.75) is 38.2 Å². The molecule has 1 amide bonds. The molecule has 0 unspecified atom stereocenters. The number of pyridine rings is 2. The van der Waals surface area contributed by atoms with Crippen LogP contribution in [0.4, 0.5) is 20.3 Å². The molecule has 0 aliphatic heterocycles. The first-order valence-corrected chi connectivity index (χ1v) is 9.42.